The van der Waals surface area contributed by atoms with Crippen LogP contribution in [0.2, 0.25) is 0 Å². The molecule has 54 valence electrons. The number of rotatable bonds is 4. The number of carbonyl (C=O) groups is 1. The minimum Gasteiger partial charge on any atom is -0.480 e. The van der Waals surface area contributed by atoms with Crippen LogP contribution in [0.25, 0.3) is 0 Å². The predicted octanol–water partition coefficient (Wildman–Crippen LogP) is 0.151. The number of carboxylic acids is 1. The van der Waals surface area contributed by atoms with Crippen LogP contribution in [0.5, 0.6) is 0 Å². The Bertz CT molecular complexity index is 314. The number of carboxylic acid groups (broad SMARTS) is 1. The summed E-state index contributed by atoms with van der Waals surface area (Å²) in [5.74, 6) is -2.09. The van der Waals surface area contributed by atoms with Crippen molar-refractivity contribution in [2.75, 3.05) is 11.9 Å². The van der Waals surface area contributed by atoms with Crippen molar-refractivity contribution >= 4 is 17.7 Å². The molecule has 0 aromatic rings. The van der Waals surface area contributed by atoms with E-state index in [1.807, 2.05) is 0 Å². The molecule has 1 atom stereocenters. The molecule has 0 aliphatic rings. The molecule has 0 amide bonds. The molecule has 0 heterocycles. The van der Waals surface area contributed by atoms with E-state index in [2.05, 4.69) is 0 Å². The summed E-state index contributed by atoms with van der Waals surface area (Å²) in [7, 11) is 0. The van der Waals surface area contributed by atoms with Gasteiger partial charge in [-0.3, -0.25) is 4.79 Å². The topological polar surface area (TPSA) is 63.3 Å². The highest BCUT2D eigenvalue weighted by Gasteiger charge is 2.08. The minimum atomic E-state index is -3.40. The summed E-state index contributed by atoms with van der Waals surface area (Å²) >= 11 is -0.395. The molecule has 3 nitrogen and oxygen atoms in total. The Kier molecular flexibility index (Phi) is 1.10. The fourth-order valence-corrected chi connectivity index (χ4v) is 0.295. The molecule has 0 saturated carbocycles. The van der Waals surface area contributed by atoms with E-state index >= 15 is 0 Å². The molecule has 9 heavy (non-hydrogen) atoms. The second kappa shape index (κ2) is 4.64. The highest BCUT2D eigenvalue weighted by molar-refractivity contribution is 7.98. The quantitative estimate of drug-likeness (QED) is 0.572. The van der Waals surface area contributed by atoms with Gasteiger partial charge < -0.3 is 10.8 Å². The number of hydrogen-bond donors (Lipinski definition) is 2. The molecule has 4 heteroatoms. The Balaban J connectivity index is 5.37. The largest absolute Gasteiger partial charge is 0.480 e. The van der Waals surface area contributed by atoms with Crippen LogP contribution in [0.1, 0.15) is 17.3 Å². The van der Waals surface area contributed by atoms with Gasteiger partial charge in [-0.25, -0.2) is 0 Å². The lowest BCUT2D eigenvalue weighted by atomic mass is 10.3. The van der Waals surface area contributed by atoms with Crippen LogP contribution in [0.4, 0.5) is 0 Å². The summed E-state index contributed by atoms with van der Waals surface area (Å²) in [4.78, 5) is 10.6. The Labute approximate surface area is 69.9 Å². The summed E-state index contributed by atoms with van der Waals surface area (Å²) in [5, 5.41) is 8.57. The van der Waals surface area contributed by atoms with Gasteiger partial charge in [0.15, 0.2) is 0 Å². The van der Waals surface area contributed by atoms with E-state index in [1.165, 1.54) is 0 Å². The molecule has 0 radical (unpaired) electrons. The number of hydrogen-bond acceptors (Lipinski definition) is 3. The third kappa shape index (κ3) is 4.29. The van der Waals surface area contributed by atoms with Crippen LogP contribution >= 0.6 is 11.8 Å². The summed E-state index contributed by atoms with van der Waals surface area (Å²) in [6, 6.07) is -3.30. The van der Waals surface area contributed by atoms with E-state index in [0.717, 1.165) is 0 Å². The zero-order chi connectivity index (χ0) is 14.3. The lowest BCUT2D eigenvalue weighted by molar-refractivity contribution is -0.138. The van der Waals surface area contributed by atoms with E-state index in [-0.39, 0.29) is 0 Å². The molecule has 0 fully saturated rings. The van der Waals surface area contributed by atoms with Crippen molar-refractivity contribution in [2.45, 2.75) is 12.4 Å². The van der Waals surface area contributed by atoms with Gasteiger partial charge in [-0.1, -0.05) is 0 Å². The minimum absolute atomic E-state index is 0.395. The molecule has 0 spiro atoms. The van der Waals surface area contributed by atoms with Gasteiger partial charge >= 0.3 is 5.97 Å². The summed E-state index contributed by atoms with van der Waals surface area (Å²) in [6.45, 7) is 0. The number of thioether (sulfide) groups is 1. The van der Waals surface area contributed by atoms with Gasteiger partial charge in [0.2, 0.25) is 0 Å². The lowest BCUT2D eigenvalue weighted by Gasteiger charge is -2.02. The fourth-order valence-electron chi connectivity index (χ4n) is 0.134. The van der Waals surface area contributed by atoms with Crippen molar-refractivity contribution < 1.29 is 20.9 Å². The van der Waals surface area contributed by atoms with Crippen molar-refractivity contribution in [3.05, 3.63) is 0 Å². The fraction of sp³-hybridized carbons (Fsp3) is 0.800. The monoisotopic (exact) mass is 158 g/mol. The van der Waals surface area contributed by atoms with Gasteiger partial charge in [0.1, 0.15) is 6.02 Å². The Morgan fingerprint density at radius 3 is 3.44 bits per heavy atom. The van der Waals surface area contributed by atoms with Crippen molar-refractivity contribution in [1.29, 1.82) is 0 Å². The molecular formula is C5H11NO2S. The van der Waals surface area contributed by atoms with Gasteiger partial charge in [0.05, 0.1) is 1.37 Å². The molecule has 0 aromatic heterocycles. The van der Waals surface area contributed by atoms with Crippen molar-refractivity contribution in [2.24, 2.45) is 5.73 Å². The maximum atomic E-state index is 10.6. The summed E-state index contributed by atoms with van der Waals surface area (Å²) in [6.07, 6.45) is -6.28. The highest BCUT2D eigenvalue weighted by Crippen LogP contribution is 1.97. The van der Waals surface area contributed by atoms with Crippen LogP contribution in [0, 0.1) is 0 Å². The molecule has 0 saturated heterocycles. The molecule has 0 aromatic carbocycles. The van der Waals surface area contributed by atoms with E-state index in [4.69, 9.17) is 21.8 Å². The van der Waals surface area contributed by atoms with Gasteiger partial charge in [-0.15, -0.1) is 0 Å². The van der Waals surface area contributed by atoms with Crippen molar-refractivity contribution in [1.82, 2.24) is 0 Å². The Morgan fingerprint density at radius 2 is 3.00 bits per heavy atom. The molecule has 0 aliphatic carbocycles. The van der Waals surface area contributed by atoms with Crippen molar-refractivity contribution in [3.8, 4) is 0 Å². The zero-order valence-corrected chi connectivity index (χ0v) is 5.16. The van der Waals surface area contributed by atoms with Gasteiger partial charge in [-0.2, -0.15) is 11.8 Å². The molecule has 0 aliphatic heterocycles. The Morgan fingerprint density at radius 1 is 2.33 bits per heavy atom. The highest BCUT2D eigenvalue weighted by atomic mass is 32.2. The SMILES string of the molecule is [2H]C([2H])([2H])SC([2H])([2H])C([2H])([2H])[C@]([2H])([15NH2])C(=O)O. The van der Waals surface area contributed by atoms with Gasteiger partial charge in [-0.05, 0) is 18.3 Å². The van der Waals surface area contributed by atoms with Crippen LogP contribution in [0.15, 0.2) is 0 Å². The lowest BCUT2D eigenvalue weighted by Crippen LogP contribution is -2.30. The smallest absolute Gasteiger partial charge is 0.320 e. The zero-order valence-electron chi connectivity index (χ0n) is 12.3. The first-order valence-electron chi connectivity index (χ1n) is 5.87. The van der Waals surface area contributed by atoms with Gasteiger partial charge in [0.25, 0.3) is 0 Å². The molecule has 0 rings (SSSR count). The second-order valence-electron chi connectivity index (χ2n) is 1.05. The van der Waals surface area contributed by atoms with Crippen LogP contribution in [-0.2, 0) is 4.79 Å². The first-order chi connectivity index (χ1) is 7.15. The maximum absolute atomic E-state index is 10.6. The summed E-state index contributed by atoms with van der Waals surface area (Å²) < 4.78 is 56.6. The average Bonchev–Trinajstić information content (AvgIpc) is 1.98. The van der Waals surface area contributed by atoms with Crippen molar-refractivity contribution in [3.63, 3.8) is 0 Å². The normalized spacial score (nSPS) is 34.3. The maximum Gasteiger partial charge on any atom is 0.320 e. The first-order valence-corrected chi connectivity index (χ1v) is 2.69. The van der Waals surface area contributed by atoms with Crippen LogP contribution in [0.3, 0.4) is 0 Å². The molecule has 0 bridgehead atoms. The number of nitrogens with two attached hydrogens (primary N) is 1. The van der Waals surface area contributed by atoms with E-state index in [1.54, 1.807) is 0 Å². The number of aliphatic carboxylic acids is 1. The third-order valence-electron chi connectivity index (χ3n) is 0.467. The first kappa shape index (κ1) is 2.13. The third-order valence-corrected chi connectivity index (χ3v) is 0.671. The average molecular weight is 158 g/mol. The second-order valence-corrected chi connectivity index (χ2v) is 1.46. The van der Waals surface area contributed by atoms with E-state index < -0.39 is 42.0 Å². The van der Waals surface area contributed by atoms with Crippen LogP contribution < -0.4 is 5.73 Å². The van der Waals surface area contributed by atoms with Crippen LogP contribution in [-0.4, -0.2) is 29.0 Å². The van der Waals surface area contributed by atoms with E-state index in [9.17, 15) is 4.79 Å². The standard InChI is InChI=1S/C5H11NO2S/c1-9-3-2-4(6)5(7)8/h4H,2-3,6H2,1H3,(H,7,8)/t4-/m0/s1/i1D3,2D2,3D2,4D,6+1. The molecular weight excluding hydrogens is 139 g/mol. The molecule has 3 N–H and O–H groups in total. The Hall–Kier alpha value is -0.220. The summed E-state index contributed by atoms with van der Waals surface area (Å²) in [5.41, 5.74) is 1.74. The molecule has 0 unspecified atom stereocenters. The van der Waals surface area contributed by atoms with E-state index in [0.29, 0.717) is 0 Å². The van der Waals surface area contributed by atoms with Gasteiger partial charge in [0, 0.05) is 9.60 Å². The predicted molar refractivity (Wildman–Crippen MR) is 38.6 cm³/mol.